The number of benzene rings is 1. The molecule has 2 rings (SSSR count). The molecule has 0 aliphatic rings. The number of aromatic nitrogens is 3. The topological polar surface area (TPSA) is 146 Å². The molecule has 0 aliphatic carbocycles. The first kappa shape index (κ1) is 14.0. The molecule has 106 valence electrons. The van der Waals surface area contributed by atoms with E-state index in [0.29, 0.717) is 11.3 Å². The third kappa shape index (κ3) is 3.10. The number of aryl methyl sites for hydroxylation is 1. The van der Waals surface area contributed by atoms with Crippen LogP contribution in [0, 0.1) is 6.92 Å². The minimum absolute atomic E-state index is 0.117. The van der Waals surface area contributed by atoms with E-state index >= 15 is 0 Å². The summed E-state index contributed by atoms with van der Waals surface area (Å²) in [7, 11) is -4.29. The van der Waals surface area contributed by atoms with E-state index < -0.39 is 22.1 Å². The van der Waals surface area contributed by atoms with Crippen molar-refractivity contribution in [2.75, 3.05) is 5.32 Å². The van der Waals surface area contributed by atoms with Crippen LogP contribution in [0.3, 0.4) is 0 Å². The summed E-state index contributed by atoms with van der Waals surface area (Å²) < 4.78 is 31.1. The lowest BCUT2D eigenvalue weighted by molar-refractivity contribution is 0.384. The van der Waals surface area contributed by atoms with E-state index in [1.807, 2.05) is 0 Å². The van der Waals surface area contributed by atoms with Gasteiger partial charge in [0.05, 0.1) is 4.90 Å². The highest BCUT2D eigenvalue weighted by Crippen LogP contribution is 2.22. The second-order valence-corrected chi connectivity index (χ2v) is 5.23. The quantitative estimate of drug-likeness (QED) is 0.597. The normalized spacial score (nSPS) is 11.3. The molecule has 1 heterocycles. The lowest BCUT2D eigenvalue weighted by atomic mass is 10.2. The van der Waals surface area contributed by atoms with Gasteiger partial charge in [0.15, 0.2) is 0 Å². The molecule has 4 N–H and O–H groups in total. The molecule has 0 fully saturated rings. The van der Waals surface area contributed by atoms with Gasteiger partial charge in [0, 0.05) is 5.69 Å². The van der Waals surface area contributed by atoms with E-state index in [4.69, 9.17) is 14.8 Å². The van der Waals surface area contributed by atoms with Crippen molar-refractivity contribution in [1.82, 2.24) is 15.0 Å². The fourth-order valence-corrected chi connectivity index (χ4v) is 2.26. The van der Waals surface area contributed by atoms with Gasteiger partial charge in [-0.2, -0.15) is 18.4 Å². The van der Waals surface area contributed by atoms with Gasteiger partial charge in [-0.05, 0) is 30.7 Å². The minimum atomic E-state index is -4.29. The number of hydrogen-bond acceptors (Lipinski definition) is 8. The first-order valence-electron chi connectivity index (χ1n) is 5.25. The van der Waals surface area contributed by atoms with Crippen molar-refractivity contribution in [2.45, 2.75) is 11.8 Å². The van der Waals surface area contributed by atoms with E-state index in [9.17, 15) is 8.42 Å². The van der Waals surface area contributed by atoms with Crippen molar-refractivity contribution in [2.24, 2.45) is 0 Å². The maximum Gasteiger partial charge on any atom is 0.321 e. The van der Waals surface area contributed by atoms with Gasteiger partial charge in [0.1, 0.15) is 0 Å². The van der Waals surface area contributed by atoms with Crippen molar-refractivity contribution in [3.63, 3.8) is 0 Å². The third-order valence-corrected chi connectivity index (χ3v) is 3.33. The van der Waals surface area contributed by atoms with Crippen LogP contribution in [0.1, 0.15) is 5.56 Å². The van der Waals surface area contributed by atoms with Crippen LogP contribution in [-0.4, -0.2) is 38.1 Å². The van der Waals surface area contributed by atoms with Gasteiger partial charge in [0.2, 0.25) is 5.95 Å². The van der Waals surface area contributed by atoms with Crippen LogP contribution < -0.4 is 5.32 Å². The van der Waals surface area contributed by atoms with Crippen LogP contribution in [0.5, 0.6) is 12.0 Å². The number of nitrogens with zero attached hydrogens (tertiary/aromatic N) is 3. The molecular formula is C10H10N4O5S. The van der Waals surface area contributed by atoms with Crippen LogP contribution in [0.2, 0.25) is 0 Å². The molecule has 20 heavy (non-hydrogen) atoms. The number of anilines is 2. The van der Waals surface area contributed by atoms with Gasteiger partial charge in [-0.25, -0.2) is 0 Å². The summed E-state index contributed by atoms with van der Waals surface area (Å²) in [5, 5.41) is 20.9. The SMILES string of the molecule is Cc1cc(Nc2nc(O)nc(O)n2)ccc1S(=O)(=O)O. The zero-order chi connectivity index (χ0) is 14.9. The zero-order valence-electron chi connectivity index (χ0n) is 10.1. The Morgan fingerprint density at radius 1 is 1.10 bits per heavy atom. The average molecular weight is 298 g/mol. The lowest BCUT2D eigenvalue weighted by Gasteiger charge is -2.08. The molecule has 0 bridgehead atoms. The maximum atomic E-state index is 11.0. The van der Waals surface area contributed by atoms with Crippen molar-refractivity contribution < 1.29 is 23.2 Å². The molecule has 1 aromatic heterocycles. The summed E-state index contributed by atoms with van der Waals surface area (Å²) in [6, 6.07) is 2.68. The predicted octanol–water partition coefficient (Wildman–Crippen LogP) is 0.582. The Bertz CT molecular complexity index is 742. The Hall–Kier alpha value is -2.46. The maximum absolute atomic E-state index is 11.0. The molecule has 0 atom stereocenters. The smallest absolute Gasteiger partial charge is 0.321 e. The molecule has 0 amide bonds. The van der Waals surface area contributed by atoms with Crippen LogP contribution >= 0.6 is 0 Å². The van der Waals surface area contributed by atoms with E-state index in [-0.39, 0.29) is 10.8 Å². The number of hydrogen-bond donors (Lipinski definition) is 4. The molecule has 0 radical (unpaired) electrons. The van der Waals surface area contributed by atoms with Crippen molar-refractivity contribution in [3.8, 4) is 12.0 Å². The Morgan fingerprint density at radius 2 is 1.70 bits per heavy atom. The Morgan fingerprint density at radius 3 is 2.20 bits per heavy atom. The summed E-state index contributed by atoms with van der Waals surface area (Å²) in [5.74, 6) is -0.117. The van der Waals surface area contributed by atoms with Crippen molar-refractivity contribution >= 4 is 21.8 Å². The molecule has 0 spiro atoms. The lowest BCUT2D eigenvalue weighted by Crippen LogP contribution is -2.03. The van der Waals surface area contributed by atoms with E-state index in [2.05, 4.69) is 20.3 Å². The highest BCUT2D eigenvalue weighted by Gasteiger charge is 2.13. The monoisotopic (exact) mass is 298 g/mol. The number of rotatable bonds is 3. The second kappa shape index (κ2) is 4.90. The average Bonchev–Trinajstić information content (AvgIpc) is 2.25. The fourth-order valence-electron chi connectivity index (χ4n) is 1.56. The van der Waals surface area contributed by atoms with Gasteiger partial charge < -0.3 is 15.5 Å². The molecule has 0 saturated heterocycles. The van der Waals surface area contributed by atoms with E-state index in [1.54, 1.807) is 0 Å². The summed E-state index contributed by atoms with van der Waals surface area (Å²) in [5.41, 5.74) is 0.708. The molecule has 9 nitrogen and oxygen atoms in total. The largest absolute Gasteiger partial charge is 0.479 e. The zero-order valence-corrected chi connectivity index (χ0v) is 11.0. The standard InChI is InChI=1S/C10H10N4O5S/c1-5-4-6(2-3-7(5)20(17,18)19)11-8-12-9(15)14-10(16)13-8/h2-4H,1H3,(H,17,18,19)(H3,11,12,13,14,15,16). The number of aromatic hydroxyl groups is 2. The Balaban J connectivity index is 2.33. The van der Waals surface area contributed by atoms with Crippen LogP contribution in [-0.2, 0) is 10.1 Å². The Kier molecular flexibility index (Phi) is 3.42. The highest BCUT2D eigenvalue weighted by molar-refractivity contribution is 7.85. The summed E-state index contributed by atoms with van der Waals surface area (Å²) in [4.78, 5) is 10.0. The van der Waals surface area contributed by atoms with E-state index in [0.717, 1.165) is 0 Å². The molecule has 10 heteroatoms. The third-order valence-electron chi connectivity index (χ3n) is 2.32. The first-order chi connectivity index (χ1) is 9.25. The van der Waals surface area contributed by atoms with Crippen LogP contribution in [0.4, 0.5) is 11.6 Å². The summed E-state index contributed by atoms with van der Waals surface area (Å²) >= 11 is 0. The molecule has 1 aromatic carbocycles. The Labute approximate surface area is 113 Å². The van der Waals surface area contributed by atoms with Crippen LogP contribution in [0.15, 0.2) is 23.1 Å². The van der Waals surface area contributed by atoms with Gasteiger partial charge >= 0.3 is 12.0 Å². The van der Waals surface area contributed by atoms with Gasteiger partial charge in [-0.3, -0.25) is 4.55 Å². The minimum Gasteiger partial charge on any atom is -0.479 e. The molecule has 2 aromatic rings. The molecule has 0 saturated carbocycles. The molecule has 0 aliphatic heterocycles. The van der Waals surface area contributed by atoms with Crippen LogP contribution in [0.25, 0.3) is 0 Å². The van der Waals surface area contributed by atoms with Crippen molar-refractivity contribution in [1.29, 1.82) is 0 Å². The fraction of sp³-hybridized carbons (Fsp3) is 0.100. The first-order valence-corrected chi connectivity index (χ1v) is 6.69. The predicted molar refractivity (Wildman–Crippen MR) is 67.4 cm³/mol. The molecular weight excluding hydrogens is 288 g/mol. The summed E-state index contributed by atoms with van der Waals surface area (Å²) in [6.07, 6.45) is 0. The second-order valence-electron chi connectivity index (χ2n) is 3.84. The van der Waals surface area contributed by atoms with Gasteiger partial charge in [-0.15, -0.1) is 4.98 Å². The van der Waals surface area contributed by atoms with E-state index in [1.165, 1.54) is 25.1 Å². The van der Waals surface area contributed by atoms with Gasteiger partial charge in [-0.1, -0.05) is 0 Å². The van der Waals surface area contributed by atoms with Gasteiger partial charge in [0.25, 0.3) is 10.1 Å². The molecule has 0 unspecified atom stereocenters. The highest BCUT2D eigenvalue weighted by atomic mass is 32.2. The number of nitrogens with one attached hydrogen (secondary N) is 1. The summed E-state index contributed by atoms with van der Waals surface area (Å²) in [6.45, 7) is 1.50. The van der Waals surface area contributed by atoms with Crippen molar-refractivity contribution in [3.05, 3.63) is 23.8 Å².